The van der Waals surface area contributed by atoms with Gasteiger partial charge >= 0.3 is 6.18 Å². The van der Waals surface area contributed by atoms with Gasteiger partial charge in [0, 0.05) is 5.88 Å². The second-order valence-corrected chi connectivity index (χ2v) is 3.16. The molecule has 5 heteroatoms. The van der Waals surface area contributed by atoms with Gasteiger partial charge in [-0.3, -0.25) is 0 Å². The van der Waals surface area contributed by atoms with Crippen LogP contribution >= 0.6 is 11.6 Å². The van der Waals surface area contributed by atoms with Crippen molar-refractivity contribution < 1.29 is 17.9 Å². The van der Waals surface area contributed by atoms with Crippen molar-refractivity contribution in [3.8, 4) is 5.75 Å². The van der Waals surface area contributed by atoms with Crippen LogP contribution in [-0.4, -0.2) is 6.61 Å². The molecule has 1 aromatic carbocycles. The summed E-state index contributed by atoms with van der Waals surface area (Å²) >= 11 is 5.53. The van der Waals surface area contributed by atoms with Crippen molar-refractivity contribution in [1.82, 2.24) is 0 Å². The lowest BCUT2D eigenvalue weighted by molar-refractivity contribution is -0.138. The molecule has 0 N–H and O–H groups in total. The van der Waals surface area contributed by atoms with Crippen molar-refractivity contribution in [3.63, 3.8) is 0 Å². The average Bonchev–Trinajstić information content (AvgIpc) is 2.16. The van der Waals surface area contributed by atoms with E-state index in [0.29, 0.717) is 5.56 Å². The second-order valence-electron chi connectivity index (χ2n) is 2.89. The molecule has 0 atom stereocenters. The van der Waals surface area contributed by atoms with Gasteiger partial charge in [-0.1, -0.05) is 6.07 Å². The fourth-order valence-corrected chi connectivity index (χ4v) is 1.33. The lowest BCUT2D eigenvalue weighted by atomic mass is 10.1. The molecule has 0 radical (unpaired) electrons. The Morgan fingerprint density at radius 1 is 1.33 bits per heavy atom. The summed E-state index contributed by atoms with van der Waals surface area (Å²) in [4.78, 5) is 0. The van der Waals surface area contributed by atoms with Gasteiger partial charge in [0.05, 0.1) is 12.2 Å². The Labute approximate surface area is 90.8 Å². The molecule has 0 heterocycles. The van der Waals surface area contributed by atoms with E-state index in [9.17, 15) is 13.2 Å². The Hall–Kier alpha value is -0.900. The second kappa shape index (κ2) is 4.75. The largest absolute Gasteiger partial charge is 0.493 e. The van der Waals surface area contributed by atoms with Gasteiger partial charge in [-0.25, -0.2) is 0 Å². The van der Waals surface area contributed by atoms with E-state index in [2.05, 4.69) is 0 Å². The summed E-state index contributed by atoms with van der Waals surface area (Å²) in [6, 6.07) is 3.65. The van der Waals surface area contributed by atoms with E-state index in [-0.39, 0.29) is 18.2 Å². The minimum atomic E-state index is -4.39. The molecule has 1 rings (SSSR count). The molecule has 0 fully saturated rings. The molecular weight excluding hydrogens is 229 g/mol. The van der Waals surface area contributed by atoms with E-state index in [4.69, 9.17) is 16.3 Å². The molecule has 0 aliphatic heterocycles. The predicted molar refractivity (Wildman–Crippen MR) is 52.2 cm³/mol. The molecule has 0 bridgehead atoms. The Morgan fingerprint density at radius 2 is 2.00 bits per heavy atom. The summed E-state index contributed by atoms with van der Waals surface area (Å²) in [5.41, 5.74) is -0.161. The van der Waals surface area contributed by atoms with Crippen LogP contribution in [0.1, 0.15) is 18.1 Å². The normalized spacial score (nSPS) is 11.5. The third-order valence-corrected chi connectivity index (χ3v) is 2.11. The van der Waals surface area contributed by atoms with Crippen molar-refractivity contribution in [2.24, 2.45) is 0 Å². The summed E-state index contributed by atoms with van der Waals surface area (Å²) in [6.07, 6.45) is -4.39. The molecule has 0 amide bonds. The minimum Gasteiger partial charge on any atom is -0.493 e. The number of ether oxygens (including phenoxy) is 1. The zero-order valence-corrected chi connectivity index (χ0v) is 8.82. The molecule has 1 aromatic rings. The van der Waals surface area contributed by atoms with E-state index in [1.807, 2.05) is 0 Å². The van der Waals surface area contributed by atoms with Gasteiger partial charge < -0.3 is 4.74 Å². The van der Waals surface area contributed by atoms with Crippen LogP contribution in [0, 0.1) is 0 Å². The first-order valence-electron chi connectivity index (χ1n) is 4.38. The smallest absolute Gasteiger partial charge is 0.419 e. The van der Waals surface area contributed by atoms with Gasteiger partial charge in [0.1, 0.15) is 5.75 Å². The molecule has 0 spiro atoms. The Balaban J connectivity index is 3.15. The predicted octanol–water partition coefficient (Wildman–Crippen LogP) is 3.84. The zero-order chi connectivity index (χ0) is 11.5. The highest BCUT2D eigenvalue weighted by Crippen LogP contribution is 2.36. The first kappa shape index (κ1) is 12.2. The monoisotopic (exact) mass is 238 g/mol. The van der Waals surface area contributed by atoms with Gasteiger partial charge in [-0.05, 0) is 24.6 Å². The van der Waals surface area contributed by atoms with Crippen molar-refractivity contribution in [1.29, 1.82) is 0 Å². The molecule has 15 heavy (non-hydrogen) atoms. The standard InChI is InChI=1S/C10H10ClF3O/c1-2-15-9-5-7(6-11)3-4-8(9)10(12,13)14/h3-5H,2,6H2,1H3. The summed E-state index contributed by atoms with van der Waals surface area (Å²) in [7, 11) is 0. The molecule has 0 aliphatic carbocycles. The first-order chi connectivity index (χ1) is 6.99. The van der Waals surface area contributed by atoms with Crippen LogP contribution < -0.4 is 4.74 Å². The van der Waals surface area contributed by atoms with E-state index in [1.54, 1.807) is 6.92 Å². The zero-order valence-electron chi connectivity index (χ0n) is 8.07. The van der Waals surface area contributed by atoms with Crippen LogP contribution in [0.5, 0.6) is 5.75 Å². The van der Waals surface area contributed by atoms with E-state index >= 15 is 0 Å². The molecule has 0 aliphatic rings. The van der Waals surface area contributed by atoms with E-state index in [0.717, 1.165) is 6.07 Å². The summed E-state index contributed by atoms with van der Waals surface area (Å²) < 4.78 is 42.4. The van der Waals surface area contributed by atoms with Crippen LogP contribution in [0.25, 0.3) is 0 Å². The maximum atomic E-state index is 12.5. The maximum absolute atomic E-state index is 12.5. The maximum Gasteiger partial charge on any atom is 0.419 e. The molecule has 1 nitrogen and oxygen atoms in total. The number of benzene rings is 1. The Kier molecular flexibility index (Phi) is 3.85. The SMILES string of the molecule is CCOc1cc(CCl)ccc1C(F)(F)F. The van der Waals surface area contributed by atoms with Crippen LogP contribution in [0.15, 0.2) is 18.2 Å². The molecule has 0 saturated carbocycles. The topological polar surface area (TPSA) is 9.23 Å². The molecule has 84 valence electrons. The fraction of sp³-hybridized carbons (Fsp3) is 0.400. The van der Waals surface area contributed by atoms with Crippen LogP contribution in [0.3, 0.4) is 0 Å². The lowest BCUT2D eigenvalue weighted by Gasteiger charge is -2.13. The van der Waals surface area contributed by atoms with Gasteiger partial charge in [-0.15, -0.1) is 11.6 Å². The highest BCUT2D eigenvalue weighted by atomic mass is 35.5. The average molecular weight is 239 g/mol. The summed E-state index contributed by atoms with van der Waals surface area (Å²) in [5.74, 6) is 0.00114. The number of alkyl halides is 4. The molecule has 0 aromatic heterocycles. The quantitative estimate of drug-likeness (QED) is 0.727. The molecule has 0 saturated heterocycles. The fourth-order valence-electron chi connectivity index (χ4n) is 1.16. The van der Waals surface area contributed by atoms with Crippen molar-refractivity contribution >= 4 is 11.6 Å². The van der Waals surface area contributed by atoms with E-state index < -0.39 is 11.7 Å². The van der Waals surface area contributed by atoms with Crippen LogP contribution in [0.4, 0.5) is 13.2 Å². The van der Waals surface area contributed by atoms with Gasteiger partial charge in [0.25, 0.3) is 0 Å². The van der Waals surface area contributed by atoms with Crippen LogP contribution in [0.2, 0.25) is 0 Å². The Bertz CT molecular complexity index is 336. The summed E-state index contributed by atoms with van der Waals surface area (Å²) in [5, 5.41) is 0. The summed E-state index contributed by atoms with van der Waals surface area (Å²) in [6.45, 7) is 1.82. The number of rotatable bonds is 3. The third-order valence-electron chi connectivity index (χ3n) is 1.81. The lowest BCUT2D eigenvalue weighted by Crippen LogP contribution is -2.08. The van der Waals surface area contributed by atoms with Crippen molar-refractivity contribution in [2.45, 2.75) is 19.0 Å². The minimum absolute atomic E-state index is 0.164. The van der Waals surface area contributed by atoms with E-state index in [1.165, 1.54) is 12.1 Å². The van der Waals surface area contributed by atoms with Crippen LogP contribution in [-0.2, 0) is 12.1 Å². The highest BCUT2D eigenvalue weighted by Gasteiger charge is 2.34. The van der Waals surface area contributed by atoms with Crippen molar-refractivity contribution in [3.05, 3.63) is 29.3 Å². The first-order valence-corrected chi connectivity index (χ1v) is 4.91. The molecule has 0 unspecified atom stereocenters. The van der Waals surface area contributed by atoms with Gasteiger partial charge in [-0.2, -0.15) is 13.2 Å². The van der Waals surface area contributed by atoms with Crippen molar-refractivity contribution in [2.75, 3.05) is 6.61 Å². The molecular formula is C10H10ClF3O. The Morgan fingerprint density at radius 3 is 2.47 bits per heavy atom. The number of hydrogen-bond acceptors (Lipinski definition) is 1. The highest BCUT2D eigenvalue weighted by molar-refractivity contribution is 6.17. The third kappa shape index (κ3) is 3.02. The van der Waals surface area contributed by atoms with Gasteiger partial charge in [0.2, 0.25) is 0 Å². The van der Waals surface area contributed by atoms with Gasteiger partial charge in [0.15, 0.2) is 0 Å². The number of hydrogen-bond donors (Lipinski definition) is 0. The number of halogens is 4.